The molecule has 8 nitrogen and oxygen atoms in total. The monoisotopic (exact) mass is 400 g/mol. The largest absolute Gasteiger partial charge is 0.453 e. The van der Waals surface area contributed by atoms with Crippen molar-refractivity contribution < 1.29 is 22.6 Å². The van der Waals surface area contributed by atoms with Crippen LogP contribution >= 0.6 is 0 Å². The first-order valence-corrected chi connectivity index (χ1v) is 9.37. The third kappa shape index (κ3) is 4.06. The molecule has 2 atom stereocenters. The zero-order valence-electron chi connectivity index (χ0n) is 15.6. The standard InChI is InChI=1S/C17H23F3N6O2/c1-11-8-14(26-16(22-11)23-15(24-26)17(18,19)20)21-9-13(12-2-5-28-10-12)25-3-6-27-7-4-25/h8,12-13,21H,2-7,9-10H2,1H3. The normalized spacial score (nSPS) is 22.6. The van der Waals surface area contributed by atoms with Crippen LogP contribution in [0.2, 0.25) is 0 Å². The lowest BCUT2D eigenvalue weighted by molar-refractivity contribution is -0.144. The van der Waals surface area contributed by atoms with Crippen LogP contribution in [0.4, 0.5) is 19.0 Å². The number of ether oxygens (including phenoxy) is 2. The molecule has 2 aromatic rings. The van der Waals surface area contributed by atoms with Crippen LogP contribution in [0.25, 0.3) is 5.78 Å². The van der Waals surface area contributed by atoms with Gasteiger partial charge in [-0.3, -0.25) is 4.90 Å². The van der Waals surface area contributed by atoms with Crippen LogP contribution in [-0.2, 0) is 15.7 Å². The van der Waals surface area contributed by atoms with Gasteiger partial charge in [-0.2, -0.15) is 22.7 Å². The summed E-state index contributed by atoms with van der Waals surface area (Å²) >= 11 is 0. The summed E-state index contributed by atoms with van der Waals surface area (Å²) in [6.07, 6.45) is -3.65. The molecule has 1 N–H and O–H groups in total. The van der Waals surface area contributed by atoms with Gasteiger partial charge in [-0.25, -0.2) is 4.98 Å². The van der Waals surface area contributed by atoms with E-state index in [-0.39, 0.29) is 11.8 Å². The Morgan fingerprint density at radius 2 is 2.00 bits per heavy atom. The van der Waals surface area contributed by atoms with E-state index in [0.717, 1.165) is 30.6 Å². The average Bonchev–Trinajstić information content (AvgIpc) is 3.32. The number of hydrogen-bond donors (Lipinski definition) is 1. The SMILES string of the molecule is Cc1cc(NCC(C2CCOC2)N2CCOCC2)n2nc(C(F)(F)F)nc2n1. The van der Waals surface area contributed by atoms with Crippen LogP contribution in [0.1, 0.15) is 17.9 Å². The maximum absolute atomic E-state index is 13.0. The van der Waals surface area contributed by atoms with Gasteiger partial charge in [0.1, 0.15) is 5.82 Å². The number of hydrogen-bond acceptors (Lipinski definition) is 7. The van der Waals surface area contributed by atoms with Crippen LogP contribution < -0.4 is 5.32 Å². The van der Waals surface area contributed by atoms with Crippen LogP contribution in [0.5, 0.6) is 0 Å². The minimum atomic E-state index is -4.61. The molecule has 0 saturated carbocycles. The second kappa shape index (κ2) is 7.80. The highest BCUT2D eigenvalue weighted by Crippen LogP contribution is 2.27. The number of fused-ring (bicyclic) bond motifs is 1. The Bertz CT molecular complexity index is 815. The fourth-order valence-electron chi connectivity index (χ4n) is 3.80. The highest BCUT2D eigenvalue weighted by atomic mass is 19.4. The molecule has 0 amide bonds. The van der Waals surface area contributed by atoms with Crippen LogP contribution in [0.3, 0.4) is 0 Å². The third-order valence-corrected chi connectivity index (χ3v) is 5.21. The van der Waals surface area contributed by atoms with E-state index in [9.17, 15) is 13.2 Å². The van der Waals surface area contributed by atoms with Gasteiger partial charge in [0.15, 0.2) is 0 Å². The first-order chi connectivity index (χ1) is 13.4. The van der Waals surface area contributed by atoms with Gasteiger partial charge in [0.2, 0.25) is 0 Å². The van der Waals surface area contributed by atoms with E-state index in [1.807, 2.05) is 0 Å². The Morgan fingerprint density at radius 3 is 2.68 bits per heavy atom. The second-order valence-electron chi connectivity index (χ2n) is 7.15. The molecule has 2 aliphatic heterocycles. The molecule has 2 aromatic heterocycles. The van der Waals surface area contributed by atoms with Crippen LogP contribution in [0.15, 0.2) is 6.07 Å². The van der Waals surface area contributed by atoms with Gasteiger partial charge in [0, 0.05) is 50.0 Å². The first-order valence-electron chi connectivity index (χ1n) is 9.37. The highest BCUT2D eigenvalue weighted by Gasteiger charge is 2.37. The highest BCUT2D eigenvalue weighted by molar-refractivity contribution is 5.45. The molecule has 28 heavy (non-hydrogen) atoms. The summed E-state index contributed by atoms with van der Waals surface area (Å²) in [7, 11) is 0. The maximum Gasteiger partial charge on any atom is 0.453 e. The van der Waals surface area contributed by atoms with Gasteiger partial charge in [-0.15, -0.1) is 5.10 Å². The average molecular weight is 400 g/mol. The molecule has 11 heteroatoms. The Labute approximate surface area is 160 Å². The topological polar surface area (TPSA) is 76.8 Å². The Kier molecular flexibility index (Phi) is 5.39. The molecule has 0 aromatic carbocycles. The molecule has 0 aliphatic carbocycles. The van der Waals surface area contributed by atoms with Crippen molar-refractivity contribution in [2.24, 2.45) is 5.92 Å². The predicted molar refractivity (Wildman–Crippen MR) is 94.1 cm³/mol. The summed E-state index contributed by atoms with van der Waals surface area (Å²) in [5, 5.41) is 6.89. The maximum atomic E-state index is 13.0. The lowest BCUT2D eigenvalue weighted by Gasteiger charge is -2.37. The van der Waals surface area contributed by atoms with Gasteiger partial charge < -0.3 is 14.8 Å². The molecule has 154 valence electrons. The number of rotatable bonds is 5. The van der Waals surface area contributed by atoms with E-state index in [2.05, 4.69) is 25.3 Å². The summed E-state index contributed by atoms with van der Waals surface area (Å²) in [6, 6.07) is 1.88. The van der Waals surface area contributed by atoms with Gasteiger partial charge in [0.05, 0.1) is 19.8 Å². The van der Waals surface area contributed by atoms with Crippen molar-refractivity contribution in [3.8, 4) is 0 Å². The predicted octanol–water partition coefficient (Wildman–Crippen LogP) is 1.60. The van der Waals surface area contributed by atoms with E-state index in [0.29, 0.717) is 43.8 Å². The lowest BCUT2D eigenvalue weighted by Crippen LogP contribution is -2.50. The number of alkyl halides is 3. The number of anilines is 1. The van der Waals surface area contributed by atoms with Gasteiger partial charge >= 0.3 is 6.18 Å². The van der Waals surface area contributed by atoms with Crippen LogP contribution in [0, 0.1) is 12.8 Å². The van der Waals surface area contributed by atoms with E-state index in [1.54, 1.807) is 13.0 Å². The quantitative estimate of drug-likeness (QED) is 0.817. The molecule has 4 rings (SSSR count). The van der Waals surface area contributed by atoms with Crippen molar-refractivity contribution in [1.82, 2.24) is 24.5 Å². The van der Waals surface area contributed by atoms with Gasteiger partial charge in [0.25, 0.3) is 11.6 Å². The Balaban J connectivity index is 1.57. The molecule has 0 radical (unpaired) electrons. The molecular formula is C17H23F3N6O2. The summed E-state index contributed by atoms with van der Waals surface area (Å²) in [5.74, 6) is -0.447. The lowest BCUT2D eigenvalue weighted by atomic mass is 9.97. The number of aromatic nitrogens is 4. The van der Waals surface area contributed by atoms with E-state index in [4.69, 9.17) is 9.47 Å². The third-order valence-electron chi connectivity index (χ3n) is 5.21. The molecule has 2 fully saturated rings. The Morgan fingerprint density at radius 1 is 1.21 bits per heavy atom. The van der Waals surface area contributed by atoms with Crippen molar-refractivity contribution in [2.45, 2.75) is 25.6 Å². The fourth-order valence-corrected chi connectivity index (χ4v) is 3.80. The fraction of sp³-hybridized carbons (Fsp3) is 0.706. The molecule has 4 heterocycles. The smallest absolute Gasteiger partial charge is 0.381 e. The number of nitrogens with one attached hydrogen (secondary N) is 1. The molecule has 2 saturated heterocycles. The first kappa shape index (κ1) is 19.3. The molecule has 0 spiro atoms. The zero-order valence-corrected chi connectivity index (χ0v) is 15.6. The molecular weight excluding hydrogens is 377 g/mol. The number of aryl methyl sites for hydroxylation is 1. The molecule has 2 unspecified atom stereocenters. The van der Waals surface area contributed by atoms with Crippen molar-refractivity contribution in [3.05, 3.63) is 17.6 Å². The summed E-state index contributed by atoms with van der Waals surface area (Å²) in [5.41, 5.74) is 0.572. The van der Waals surface area contributed by atoms with E-state index in [1.165, 1.54) is 0 Å². The summed E-state index contributed by atoms with van der Waals surface area (Å²) < 4.78 is 51.1. The minimum absolute atomic E-state index is 0.0676. The van der Waals surface area contributed by atoms with Crippen LogP contribution in [-0.4, -0.2) is 76.6 Å². The minimum Gasteiger partial charge on any atom is -0.381 e. The second-order valence-corrected chi connectivity index (χ2v) is 7.15. The summed E-state index contributed by atoms with van der Waals surface area (Å²) in [4.78, 5) is 9.96. The van der Waals surface area contributed by atoms with Crippen molar-refractivity contribution in [2.75, 3.05) is 51.4 Å². The summed E-state index contributed by atoms with van der Waals surface area (Å²) in [6.45, 7) is 6.73. The van der Waals surface area contributed by atoms with Crippen molar-refractivity contribution >= 4 is 11.6 Å². The van der Waals surface area contributed by atoms with Crippen molar-refractivity contribution in [1.29, 1.82) is 0 Å². The number of halogens is 3. The molecule has 0 bridgehead atoms. The molecule has 2 aliphatic rings. The number of nitrogens with zero attached hydrogens (tertiary/aromatic N) is 5. The van der Waals surface area contributed by atoms with Gasteiger partial charge in [-0.1, -0.05) is 0 Å². The Hall–Kier alpha value is -1.98. The zero-order chi connectivity index (χ0) is 19.7. The number of morpholine rings is 1. The van der Waals surface area contributed by atoms with Crippen molar-refractivity contribution in [3.63, 3.8) is 0 Å². The van der Waals surface area contributed by atoms with E-state index < -0.39 is 12.0 Å². The van der Waals surface area contributed by atoms with Gasteiger partial charge in [-0.05, 0) is 13.3 Å². The van der Waals surface area contributed by atoms with E-state index >= 15 is 0 Å².